The highest BCUT2D eigenvalue weighted by Crippen LogP contribution is 2.26. The molecule has 0 atom stereocenters. The Labute approximate surface area is 117 Å². The van der Waals surface area contributed by atoms with Crippen molar-refractivity contribution in [2.24, 2.45) is 5.92 Å². The van der Waals surface area contributed by atoms with Crippen LogP contribution in [0.2, 0.25) is 0 Å². The Kier molecular flexibility index (Phi) is 3.98. The van der Waals surface area contributed by atoms with Gasteiger partial charge in [0.25, 0.3) is 0 Å². The maximum absolute atomic E-state index is 13.8. The topological polar surface area (TPSA) is 17.1 Å². The number of hydrogen-bond donors (Lipinski definition) is 0. The molecule has 0 saturated heterocycles. The van der Waals surface area contributed by atoms with Crippen molar-refractivity contribution < 1.29 is 13.6 Å². The molecule has 0 aromatic heterocycles. The number of carbonyl (C=O) groups excluding carboxylic acids is 1. The SMILES string of the molecule is Cc1ccc(-c2ccc(F)cc2F)cc1C(=O)C(C)C. The summed E-state index contributed by atoms with van der Waals surface area (Å²) in [5, 5.41) is 0. The first kappa shape index (κ1) is 14.4. The molecule has 0 amide bonds. The summed E-state index contributed by atoms with van der Waals surface area (Å²) in [5.41, 5.74) is 2.32. The summed E-state index contributed by atoms with van der Waals surface area (Å²) in [4.78, 5) is 12.1. The molecular formula is C17H16F2O. The number of benzene rings is 2. The van der Waals surface area contributed by atoms with Crippen LogP contribution >= 0.6 is 0 Å². The van der Waals surface area contributed by atoms with Crippen molar-refractivity contribution in [3.8, 4) is 11.1 Å². The van der Waals surface area contributed by atoms with Crippen molar-refractivity contribution in [2.45, 2.75) is 20.8 Å². The van der Waals surface area contributed by atoms with Gasteiger partial charge in [0.05, 0.1) is 0 Å². The normalized spacial score (nSPS) is 10.9. The third-order valence-electron chi connectivity index (χ3n) is 3.27. The molecule has 1 nitrogen and oxygen atoms in total. The maximum atomic E-state index is 13.8. The Balaban J connectivity index is 2.54. The van der Waals surface area contributed by atoms with Gasteiger partial charge in [-0.3, -0.25) is 4.79 Å². The van der Waals surface area contributed by atoms with Crippen molar-refractivity contribution in [1.29, 1.82) is 0 Å². The molecule has 0 fully saturated rings. The van der Waals surface area contributed by atoms with E-state index >= 15 is 0 Å². The lowest BCUT2D eigenvalue weighted by Crippen LogP contribution is -2.09. The summed E-state index contributed by atoms with van der Waals surface area (Å²) < 4.78 is 26.7. The number of ketones is 1. The average Bonchev–Trinajstić information content (AvgIpc) is 2.39. The number of rotatable bonds is 3. The fourth-order valence-electron chi connectivity index (χ4n) is 2.09. The monoisotopic (exact) mass is 274 g/mol. The van der Waals surface area contributed by atoms with Gasteiger partial charge in [0, 0.05) is 23.1 Å². The van der Waals surface area contributed by atoms with Gasteiger partial charge in [0.2, 0.25) is 0 Å². The Morgan fingerprint density at radius 3 is 2.35 bits per heavy atom. The van der Waals surface area contributed by atoms with Crippen LogP contribution in [0, 0.1) is 24.5 Å². The molecule has 0 unspecified atom stereocenters. The van der Waals surface area contributed by atoms with Crippen molar-refractivity contribution in [2.75, 3.05) is 0 Å². The maximum Gasteiger partial charge on any atom is 0.165 e. The number of aryl methyl sites for hydroxylation is 1. The fraction of sp³-hybridized carbons (Fsp3) is 0.235. The van der Waals surface area contributed by atoms with Crippen molar-refractivity contribution in [3.63, 3.8) is 0 Å². The van der Waals surface area contributed by atoms with Crippen molar-refractivity contribution in [3.05, 3.63) is 59.2 Å². The van der Waals surface area contributed by atoms with Crippen LogP contribution in [0.15, 0.2) is 36.4 Å². The van der Waals surface area contributed by atoms with E-state index in [0.29, 0.717) is 16.7 Å². The number of halogens is 2. The fourth-order valence-corrected chi connectivity index (χ4v) is 2.09. The summed E-state index contributed by atoms with van der Waals surface area (Å²) in [6.45, 7) is 5.50. The molecule has 0 aliphatic rings. The zero-order valence-corrected chi connectivity index (χ0v) is 11.7. The predicted molar refractivity (Wildman–Crippen MR) is 75.7 cm³/mol. The van der Waals surface area contributed by atoms with E-state index in [1.807, 2.05) is 20.8 Å². The van der Waals surface area contributed by atoms with Gasteiger partial charge in [-0.2, -0.15) is 0 Å². The molecule has 0 saturated carbocycles. The Morgan fingerprint density at radius 1 is 1.05 bits per heavy atom. The number of hydrogen-bond acceptors (Lipinski definition) is 1. The third-order valence-corrected chi connectivity index (χ3v) is 3.27. The van der Waals surface area contributed by atoms with E-state index in [0.717, 1.165) is 11.6 Å². The van der Waals surface area contributed by atoms with Gasteiger partial charge < -0.3 is 0 Å². The molecule has 0 aliphatic carbocycles. The Bertz CT molecular complexity index is 660. The lowest BCUT2D eigenvalue weighted by Gasteiger charge is -2.11. The van der Waals surface area contributed by atoms with E-state index in [4.69, 9.17) is 0 Å². The van der Waals surface area contributed by atoms with Crippen LogP contribution in [0.4, 0.5) is 8.78 Å². The minimum Gasteiger partial charge on any atom is -0.294 e. The first-order chi connectivity index (χ1) is 9.40. The highest BCUT2D eigenvalue weighted by molar-refractivity contribution is 5.99. The van der Waals surface area contributed by atoms with Gasteiger partial charge in [-0.25, -0.2) is 8.78 Å². The summed E-state index contributed by atoms with van der Waals surface area (Å²) in [7, 11) is 0. The third kappa shape index (κ3) is 2.77. The van der Waals surface area contributed by atoms with Gasteiger partial charge in [-0.15, -0.1) is 0 Å². The standard InChI is InChI=1S/C17H16F2O/c1-10(2)17(20)15-8-12(5-4-11(15)3)14-7-6-13(18)9-16(14)19/h4-10H,1-3H3. The number of carbonyl (C=O) groups is 1. The van der Waals surface area contributed by atoms with Crippen LogP contribution in [-0.4, -0.2) is 5.78 Å². The molecule has 0 N–H and O–H groups in total. The largest absolute Gasteiger partial charge is 0.294 e. The highest BCUT2D eigenvalue weighted by atomic mass is 19.1. The van der Waals surface area contributed by atoms with Gasteiger partial charge >= 0.3 is 0 Å². The van der Waals surface area contributed by atoms with Crippen LogP contribution < -0.4 is 0 Å². The first-order valence-electron chi connectivity index (χ1n) is 6.50. The first-order valence-corrected chi connectivity index (χ1v) is 6.50. The van der Waals surface area contributed by atoms with E-state index in [1.165, 1.54) is 12.1 Å². The summed E-state index contributed by atoms with van der Waals surface area (Å²) >= 11 is 0. The average molecular weight is 274 g/mol. The molecule has 2 aromatic carbocycles. The van der Waals surface area contributed by atoms with E-state index in [9.17, 15) is 13.6 Å². The molecular weight excluding hydrogens is 258 g/mol. The Hall–Kier alpha value is -2.03. The summed E-state index contributed by atoms with van der Waals surface area (Å²) in [6, 6.07) is 8.64. The summed E-state index contributed by atoms with van der Waals surface area (Å²) in [5.74, 6) is -1.34. The second-order valence-electron chi connectivity index (χ2n) is 5.17. The molecule has 3 heteroatoms. The molecule has 20 heavy (non-hydrogen) atoms. The zero-order valence-electron chi connectivity index (χ0n) is 11.7. The molecule has 0 bridgehead atoms. The zero-order chi connectivity index (χ0) is 14.9. The molecule has 0 radical (unpaired) electrons. The van der Waals surface area contributed by atoms with Gasteiger partial charge in [0.15, 0.2) is 5.78 Å². The van der Waals surface area contributed by atoms with Crippen molar-refractivity contribution >= 4 is 5.78 Å². The smallest absolute Gasteiger partial charge is 0.165 e. The van der Waals surface area contributed by atoms with E-state index in [-0.39, 0.29) is 11.7 Å². The predicted octanol–water partition coefficient (Wildman–Crippen LogP) is 4.78. The quantitative estimate of drug-likeness (QED) is 0.736. The second-order valence-corrected chi connectivity index (χ2v) is 5.17. The summed E-state index contributed by atoms with van der Waals surface area (Å²) in [6.07, 6.45) is 0. The highest BCUT2D eigenvalue weighted by Gasteiger charge is 2.15. The number of Topliss-reactive ketones (excluding diaryl/α,β-unsaturated/α-hetero) is 1. The van der Waals surface area contributed by atoms with Crippen LogP contribution in [0.5, 0.6) is 0 Å². The molecule has 0 heterocycles. The van der Waals surface area contributed by atoms with E-state index in [2.05, 4.69) is 0 Å². The molecule has 104 valence electrons. The molecule has 0 aliphatic heterocycles. The van der Waals surface area contributed by atoms with E-state index in [1.54, 1.807) is 18.2 Å². The second kappa shape index (κ2) is 5.53. The van der Waals surface area contributed by atoms with Crippen LogP contribution in [0.1, 0.15) is 29.8 Å². The lowest BCUT2D eigenvalue weighted by atomic mass is 9.93. The lowest BCUT2D eigenvalue weighted by molar-refractivity contribution is 0.0939. The molecule has 0 spiro atoms. The minimum atomic E-state index is -0.628. The van der Waals surface area contributed by atoms with Gasteiger partial charge in [-0.1, -0.05) is 26.0 Å². The van der Waals surface area contributed by atoms with Crippen LogP contribution in [-0.2, 0) is 0 Å². The molecule has 2 aromatic rings. The van der Waals surface area contributed by atoms with E-state index < -0.39 is 11.6 Å². The van der Waals surface area contributed by atoms with Crippen LogP contribution in [0.25, 0.3) is 11.1 Å². The molecule has 2 rings (SSSR count). The van der Waals surface area contributed by atoms with Crippen LogP contribution in [0.3, 0.4) is 0 Å². The van der Waals surface area contributed by atoms with Gasteiger partial charge in [0.1, 0.15) is 11.6 Å². The Morgan fingerprint density at radius 2 is 1.75 bits per heavy atom. The minimum absolute atomic E-state index is 0.0202. The van der Waals surface area contributed by atoms with Gasteiger partial charge in [-0.05, 0) is 36.2 Å². The van der Waals surface area contributed by atoms with Crippen molar-refractivity contribution in [1.82, 2.24) is 0 Å².